The number of rotatable bonds is 3. The lowest BCUT2D eigenvalue weighted by atomic mass is 9.99. The quantitative estimate of drug-likeness (QED) is 0.794. The fourth-order valence-corrected chi connectivity index (χ4v) is 2.81. The van der Waals surface area contributed by atoms with Crippen LogP contribution in [0.3, 0.4) is 0 Å². The summed E-state index contributed by atoms with van der Waals surface area (Å²) in [5.74, 6) is 1.78. The number of benzene rings is 1. The van der Waals surface area contributed by atoms with E-state index in [4.69, 9.17) is 5.73 Å². The lowest BCUT2D eigenvalue weighted by Crippen LogP contribution is -2.50. The van der Waals surface area contributed by atoms with E-state index in [1.54, 1.807) is 12.1 Å². The number of aromatic nitrogens is 3. The van der Waals surface area contributed by atoms with Crippen LogP contribution in [0.1, 0.15) is 31.2 Å². The molecule has 1 saturated heterocycles. The Morgan fingerprint density at radius 3 is 3.14 bits per heavy atom. The summed E-state index contributed by atoms with van der Waals surface area (Å²) < 4.78 is 0. The van der Waals surface area contributed by atoms with E-state index in [2.05, 4.69) is 27.0 Å². The molecule has 2 atom stereocenters. The predicted octanol–water partition coefficient (Wildman–Crippen LogP) is 1.42. The van der Waals surface area contributed by atoms with E-state index in [9.17, 15) is 5.11 Å². The largest absolute Gasteiger partial charge is 0.508 e. The van der Waals surface area contributed by atoms with Crippen molar-refractivity contribution in [2.45, 2.75) is 38.3 Å². The Morgan fingerprint density at radius 2 is 2.33 bits per heavy atom. The second-order valence-electron chi connectivity index (χ2n) is 5.67. The van der Waals surface area contributed by atoms with Crippen molar-refractivity contribution < 1.29 is 5.11 Å². The highest BCUT2D eigenvalue weighted by atomic mass is 16.3. The van der Waals surface area contributed by atoms with Crippen LogP contribution in [-0.4, -0.2) is 38.9 Å². The van der Waals surface area contributed by atoms with Gasteiger partial charge in [-0.25, -0.2) is 0 Å². The van der Waals surface area contributed by atoms with Gasteiger partial charge in [-0.2, -0.15) is 4.98 Å². The Bertz CT molecular complexity index is 612. The third-order valence-corrected chi connectivity index (χ3v) is 4.11. The molecule has 21 heavy (non-hydrogen) atoms. The van der Waals surface area contributed by atoms with Crippen LogP contribution in [0.15, 0.2) is 24.3 Å². The lowest BCUT2D eigenvalue weighted by Gasteiger charge is -2.36. The summed E-state index contributed by atoms with van der Waals surface area (Å²) in [6.45, 7) is 3.06. The van der Waals surface area contributed by atoms with Crippen molar-refractivity contribution in [1.82, 2.24) is 15.2 Å². The number of phenols is 1. The average molecular weight is 287 g/mol. The molecule has 0 radical (unpaired) electrons. The third-order valence-electron chi connectivity index (χ3n) is 4.11. The number of phenolic OH excluding ortho intramolecular Hbond substituents is 1. The number of nitrogens with two attached hydrogens (primary N) is 1. The van der Waals surface area contributed by atoms with Gasteiger partial charge in [0.2, 0.25) is 5.95 Å². The lowest BCUT2D eigenvalue weighted by molar-refractivity contribution is 0.416. The summed E-state index contributed by atoms with van der Waals surface area (Å²) in [5.41, 5.74) is 7.12. The number of nitrogens with zero attached hydrogens (tertiary/aromatic N) is 3. The molecule has 3 rings (SSSR count). The van der Waals surface area contributed by atoms with Crippen LogP contribution in [0.5, 0.6) is 5.75 Å². The van der Waals surface area contributed by atoms with Gasteiger partial charge in [-0.15, -0.1) is 5.10 Å². The Kier molecular flexibility index (Phi) is 3.79. The minimum atomic E-state index is 0.173. The maximum absolute atomic E-state index is 9.50. The highest BCUT2D eigenvalue weighted by Gasteiger charge is 2.27. The highest BCUT2D eigenvalue weighted by Crippen LogP contribution is 2.21. The van der Waals surface area contributed by atoms with Crippen LogP contribution in [0.2, 0.25) is 0 Å². The molecule has 0 amide bonds. The number of hydrogen-bond acceptors (Lipinski definition) is 5. The van der Waals surface area contributed by atoms with Crippen LogP contribution in [-0.2, 0) is 6.42 Å². The van der Waals surface area contributed by atoms with E-state index in [1.807, 2.05) is 12.1 Å². The van der Waals surface area contributed by atoms with Crippen molar-refractivity contribution in [3.05, 3.63) is 35.7 Å². The molecule has 1 aliphatic rings. The zero-order chi connectivity index (χ0) is 14.8. The summed E-state index contributed by atoms with van der Waals surface area (Å²) in [7, 11) is 0. The fraction of sp³-hybridized carbons (Fsp3) is 0.467. The van der Waals surface area contributed by atoms with Gasteiger partial charge in [0.25, 0.3) is 0 Å². The first-order valence-corrected chi connectivity index (χ1v) is 7.35. The van der Waals surface area contributed by atoms with E-state index in [0.717, 1.165) is 30.8 Å². The molecule has 1 aromatic heterocycles. The molecule has 6 nitrogen and oxygen atoms in total. The van der Waals surface area contributed by atoms with Gasteiger partial charge in [-0.05, 0) is 37.5 Å². The van der Waals surface area contributed by atoms with Crippen LogP contribution in [0, 0.1) is 0 Å². The van der Waals surface area contributed by atoms with Gasteiger partial charge in [0.1, 0.15) is 11.6 Å². The fourth-order valence-electron chi connectivity index (χ4n) is 2.81. The number of piperidine rings is 1. The van der Waals surface area contributed by atoms with Crippen LogP contribution in [0.25, 0.3) is 0 Å². The second kappa shape index (κ2) is 5.73. The smallest absolute Gasteiger partial charge is 0.245 e. The van der Waals surface area contributed by atoms with Crippen LogP contribution in [0.4, 0.5) is 5.95 Å². The number of anilines is 1. The van der Waals surface area contributed by atoms with E-state index < -0.39 is 0 Å². The molecular weight excluding hydrogens is 266 g/mol. The van der Waals surface area contributed by atoms with Gasteiger partial charge < -0.3 is 15.7 Å². The molecule has 1 aromatic carbocycles. The molecule has 2 aromatic rings. The summed E-state index contributed by atoms with van der Waals surface area (Å²) in [6.07, 6.45) is 2.75. The highest BCUT2D eigenvalue weighted by molar-refractivity contribution is 5.34. The Labute approximate surface area is 124 Å². The number of hydrogen-bond donors (Lipinski definition) is 3. The first kappa shape index (κ1) is 13.9. The van der Waals surface area contributed by atoms with E-state index in [-0.39, 0.29) is 17.8 Å². The molecule has 1 fully saturated rings. The topological polar surface area (TPSA) is 91.1 Å². The van der Waals surface area contributed by atoms with Crippen molar-refractivity contribution in [2.24, 2.45) is 5.73 Å². The summed E-state index contributed by atoms with van der Waals surface area (Å²) in [6, 6.07) is 7.61. The molecule has 112 valence electrons. The number of aromatic amines is 1. The van der Waals surface area contributed by atoms with E-state index >= 15 is 0 Å². The van der Waals surface area contributed by atoms with E-state index in [1.165, 1.54) is 0 Å². The standard InChI is InChI=1S/C15H21N5O/c1-10-13(16)6-3-7-20(10)15-17-14(18-19-15)9-11-4-2-5-12(21)8-11/h2,4-5,8,10,13,21H,3,6-7,9,16H2,1H3,(H,17,18,19). The molecule has 4 N–H and O–H groups in total. The average Bonchev–Trinajstić information content (AvgIpc) is 2.90. The monoisotopic (exact) mass is 287 g/mol. The summed E-state index contributed by atoms with van der Waals surface area (Å²) in [4.78, 5) is 6.73. The molecular formula is C15H21N5O. The van der Waals surface area contributed by atoms with Crippen molar-refractivity contribution in [2.75, 3.05) is 11.4 Å². The molecule has 1 aliphatic heterocycles. The first-order valence-electron chi connectivity index (χ1n) is 7.35. The van der Waals surface area contributed by atoms with Gasteiger partial charge in [0.15, 0.2) is 0 Å². The third kappa shape index (κ3) is 3.00. The number of H-pyrrole nitrogens is 1. The van der Waals surface area contributed by atoms with Crippen molar-refractivity contribution in [1.29, 1.82) is 0 Å². The minimum Gasteiger partial charge on any atom is -0.508 e. The van der Waals surface area contributed by atoms with Crippen LogP contribution < -0.4 is 10.6 Å². The van der Waals surface area contributed by atoms with Gasteiger partial charge in [0.05, 0.1) is 0 Å². The number of aromatic hydroxyl groups is 1. The Balaban J connectivity index is 1.74. The maximum atomic E-state index is 9.50. The Morgan fingerprint density at radius 1 is 1.48 bits per heavy atom. The molecule has 0 bridgehead atoms. The van der Waals surface area contributed by atoms with Gasteiger partial charge in [0, 0.05) is 25.0 Å². The zero-order valence-corrected chi connectivity index (χ0v) is 12.2. The Hall–Kier alpha value is -2.08. The first-order chi connectivity index (χ1) is 10.1. The molecule has 0 saturated carbocycles. The minimum absolute atomic E-state index is 0.173. The molecule has 2 unspecified atom stereocenters. The van der Waals surface area contributed by atoms with Gasteiger partial charge in [-0.3, -0.25) is 5.10 Å². The van der Waals surface area contributed by atoms with Crippen molar-refractivity contribution >= 4 is 5.95 Å². The maximum Gasteiger partial charge on any atom is 0.245 e. The molecule has 0 aliphatic carbocycles. The molecule has 0 spiro atoms. The van der Waals surface area contributed by atoms with Gasteiger partial charge >= 0.3 is 0 Å². The molecule has 6 heteroatoms. The summed E-state index contributed by atoms with van der Waals surface area (Å²) in [5, 5.41) is 16.8. The molecule has 2 heterocycles. The SMILES string of the molecule is CC1C(N)CCCN1c1n[nH]c(Cc2cccc(O)c2)n1. The van der Waals surface area contributed by atoms with Crippen molar-refractivity contribution in [3.8, 4) is 5.75 Å². The summed E-state index contributed by atoms with van der Waals surface area (Å²) >= 11 is 0. The number of nitrogens with one attached hydrogen (secondary N) is 1. The zero-order valence-electron chi connectivity index (χ0n) is 12.2. The van der Waals surface area contributed by atoms with Crippen molar-refractivity contribution in [3.63, 3.8) is 0 Å². The normalized spacial score (nSPS) is 22.5. The predicted molar refractivity (Wildman–Crippen MR) is 81.3 cm³/mol. The van der Waals surface area contributed by atoms with E-state index in [0.29, 0.717) is 12.4 Å². The van der Waals surface area contributed by atoms with Gasteiger partial charge in [-0.1, -0.05) is 12.1 Å². The van der Waals surface area contributed by atoms with Crippen LogP contribution >= 0.6 is 0 Å². The second-order valence-corrected chi connectivity index (χ2v) is 5.67.